The molecule has 0 radical (unpaired) electrons. The predicted molar refractivity (Wildman–Crippen MR) is 116 cm³/mol. The molecule has 1 aliphatic rings. The largest absolute Gasteiger partial charge is 0.298 e. The van der Waals surface area contributed by atoms with Crippen LogP contribution in [0.2, 0.25) is 5.02 Å². The van der Waals surface area contributed by atoms with Gasteiger partial charge in [0.25, 0.3) is 5.56 Å². The van der Waals surface area contributed by atoms with E-state index in [-0.39, 0.29) is 17.9 Å². The highest BCUT2D eigenvalue weighted by Gasteiger charge is 2.26. The monoisotopic (exact) mass is 432 g/mol. The Morgan fingerprint density at radius 1 is 1.36 bits per heavy atom. The minimum absolute atomic E-state index is 0.0549. The van der Waals surface area contributed by atoms with Gasteiger partial charge in [-0.2, -0.15) is 0 Å². The summed E-state index contributed by atoms with van der Waals surface area (Å²) in [4.78, 5) is 36.6. The van der Waals surface area contributed by atoms with E-state index in [0.29, 0.717) is 28.7 Å². The summed E-state index contributed by atoms with van der Waals surface area (Å²) >= 11 is 9.15. The molecule has 0 bridgehead atoms. The molecule has 4 rings (SSSR count). The van der Waals surface area contributed by atoms with Crippen molar-refractivity contribution in [3.05, 3.63) is 56.9 Å². The fourth-order valence-corrected chi connectivity index (χ4v) is 4.81. The molecule has 0 spiro atoms. The molecule has 1 aromatic carbocycles. The molecule has 0 saturated carbocycles. The van der Waals surface area contributed by atoms with E-state index in [0.717, 1.165) is 21.8 Å². The first-order valence-corrected chi connectivity index (χ1v) is 11.0. The van der Waals surface area contributed by atoms with Gasteiger partial charge in [0.15, 0.2) is 5.17 Å². The Hall–Kier alpha value is -2.16. The number of hydrogen-bond donors (Lipinski definition) is 0. The minimum Gasteiger partial charge on any atom is -0.298 e. The number of benzene rings is 1. The Kier molecular flexibility index (Phi) is 5.52. The van der Waals surface area contributed by atoms with Gasteiger partial charge in [-0.05, 0) is 36.1 Å². The normalized spacial score (nSPS) is 15.6. The molecule has 0 atom stereocenters. The number of aryl methyl sites for hydroxylation is 1. The second-order valence-corrected chi connectivity index (χ2v) is 8.67. The Bertz CT molecular complexity index is 1140. The Morgan fingerprint density at radius 2 is 2.21 bits per heavy atom. The molecule has 0 unspecified atom stereocenters. The molecule has 0 aliphatic carbocycles. The number of carbonyl (C=O) groups excluding carboxylic acids is 1. The zero-order valence-electron chi connectivity index (χ0n) is 15.1. The molecule has 3 heterocycles. The van der Waals surface area contributed by atoms with Crippen molar-refractivity contribution < 1.29 is 4.79 Å². The topological polar surface area (TPSA) is 67.6 Å². The molecule has 0 N–H and O–H groups in total. The molecule has 1 fully saturated rings. The van der Waals surface area contributed by atoms with Crippen molar-refractivity contribution >= 4 is 61.7 Å². The number of thioether (sulfide) groups is 1. The van der Waals surface area contributed by atoms with E-state index in [1.807, 2.05) is 30.5 Å². The lowest BCUT2D eigenvalue weighted by Crippen LogP contribution is -2.33. The molecular formula is C19H17ClN4O2S2. The van der Waals surface area contributed by atoms with E-state index in [2.05, 4.69) is 9.98 Å². The quantitative estimate of drug-likeness (QED) is 0.623. The number of fused-ring (bicyclic) bond motifs is 1. The van der Waals surface area contributed by atoms with E-state index in [4.69, 9.17) is 11.6 Å². The van der Waals surface area contributed by atoms with E-state index >= 15 is 0 Å². The van der Waals surface area contributed by atoms with Crippen molar-refractivity contribution in [1.82, 2.24) is 14.5 Å². The number of carbonyl (C=O) groups is 1. The fourth-order valence-electron chi connectivity index (χ4n) is 2.95. The summed E-state index contributed by atoms with van der Waals surface area (Å²) in [7, 11) is 0. The minimum atomic E-state index is -0.113. The van der Waals surface area contributed by atoms with Crippen molar-refractivity contribution in [2.24, 2.45) is 4.99 Å². The van der Waals surface area contributed by atoms with Gasteiger partial charge in [-0.15, -0.1) is 11.3 Å². The molecule has 2 aromatic heterocycles. The maximum Gasteiger partial charge on any atom is 0.262 e. The summed E-state index contributed by atoms with van der Waals surface area (Å²) in [6.07, 6.45) is 1.73. The van der Waals surface area contributed by atoms with Gasteiger partial charge < -0.3 is 0 Å². The zero-order chi connectivity index (χ0) is 19.7. The van der Waals surface area contributed by atoms with Crippen molar-refractivity contribution in [2.75, 3.05) is 12.3 Å². The second-order valence-electron chi connectivity index (χ2n) is 6.30. The number of rotatable bonds is 4. The van der Waals surface area contributed by atoms with Crippen molar-refractivity contribution in [3.8, 4) is 0 Å². The summed E-state index contributed by atoms with van der Waals surface area (Å²) in [5.41, 5.74) is 1.54. The van der Waals surface area contributed by atoms with Crippen LogP contribution in [-0.2, 0) is 11.3 Å². The number of nitrogens with zero attached hydrogens (tertiary/aromatic N) is 4. The number of halogens is 1. The van der Waals surface area contributed by atoms with E-state index in [9.17, 15) is 9.59 Å². The number of aliphatic imine (C=N–C) groups is 1. The van der Waals surface area contributed by atoms with Gasteiger partial charge in [0.05, 0.1) is 17.4 Å². The van der Waals surface area contributed by atoms with E-state index < -0.39 is 0 Å². The smallest absolute Gasteiger partial charge is 0.262 e. The van der Waals surface area contributed by atoms with Gasteiger partial charge in [-0.3, -0.25) is 19.1 Å². The van der Waals surface area contributed by atoms with Crippen LogP contribution in [0.1, 0.15) is 12.0 Å². The Labute approximate surface area is 174 Å². The van der Waals surface area contributed by atoms with Crippen LogP contribution in [0.25, 0.3) is 10.2 Å². The van der Waals surface area contributed by atoms with Crippen molar-refractivity contribution in [2.45, 2.75) is 19.9 Å². The average molecular weight is 433 g/mol. The third-order valence-corrected chi connectivity index (χ3v) is 6.74. The summed E-state index contributed by atoms with van der Waals surface area (Å²) in [5.74, 6) is 0.743. The summed E-state index contributed by atoms with van der Waals surface area (Å²) in [6.45, 7) is 2.81. The maximum absolute atomic E-state index is 12.8. The number of amides is 1. The molecule has 144 valence electrons. The first-order chi connectivity index (χ1) is 13.5. The number of aromatic nitrogens is 2. The summed E-state index contributed by atoms with van der Waals surface area (Å²) in [6, 6.07) is 7.32. The molecule has 6 nitrogen and oxygen atoms in total. The lowest BCUT2D eigenvalue weighted by atomic mass is 10.2. The van der Waals surface area contributed by atoms with Gasteiger partial charge in [0, 0.05) is 30.3 Å². The number of amidine groups is 1. The zero-order valence-corrected chi connectivity index (χ0v) is 17.5. The molecule has 1 saturated heterocycles. The molecular weight excluding hydrogens is 416 g/mol. The summed E-state index contributed by atoms with van der Waals surface area (Å²) in [5, 5.41) is 3.76. The van der Waals surface area contributed by atoms with Crippen LogP contribution in [0.5, 0.6) is 0 Å². The third kappa shape index (κ3) is 3.72. The highest BCUT2D eigenvalue weighted by atomic mass is 35.5. The number of thiophene rings is 1. The molecule has 3 aromatic rings. The SMILES string of the molecule is Cc1c(Cl)cccc1N=C1SCCN1C(=O)CCn1cnc2sccc2c1=O. The molecule has 9 heteroatoms. The lowest BCUT2D eigenvalue weighted by molar-refractivity contribution is -0.127. The van der Waals surface area contributed by atoms with Gasteiger partial charge in [0.1, 0.15) is 4.83 Å². The predicted octanol–water partition coefficient (Wildman–Crippen LogP) is 4.07. The van der Waals surface area contributed by atoms with Gasteiger partial charge in [-0.25, -0.2) is 9.98 Å². The van der Waals surface area contributed by atoms with E-state index in [1.165, 1.54) is 22.2 Å². The third-order valence-electron chi connectivity index (χ3n) is 4.55. The van der Waals surface area contributed by atoms with Gasteiger partial charge in [0.2, 0.25) is 5.91 Å². The van der Waals surface area contributed by atoms with Crippen LogP contribution in [0.4, 0.5) is 5.69 Å². The highest BCUT2D eigenvalue weighted by molar-refractivity contribution is 8.14. The van der Waals surface area contributed by atoms with Crippen LogP contribution in [-0.4, -0.2) is 37.8 Å². The first-order valence-electron chi connectivity index (χ1n) is 8.74. The highest BCUT2D eigenvalue weighted by Crippen LogP contribution is 2.29. The standard InChI is InChI=1S/C19H17ClN4O2S2/c1-12-14(20)3-2-4-15(12)22-19-24(8-10-28-19)16(25)5-7-23-11-21-17-13(18(23)26)6-9-27-17/h2-4,6,9,11H,5,7-8,10H2,1H3. The van der Waals surface area contributed by atoms with Crippen molar-refractivity contribution in [1.29, 1.82) is 0 Å². The average Bonchev–Trinajstić information content (AvgIpc) is 3.34. The van der Waals surface area contributed by atoms with Gasteiger partial charge in [-0.1, -0.05) is 29.4 Å². The van der Waals surface area contributed by atoms with Crippen LogP contribution in [0, 0.1) is 6.92 Å². The fraction of sp³-hybridized carbons (Fsp3) is 0.263. The lowest BCUT2D eigenvalue weighted by Gasteiger charge is -2.16. The Morgan fingerprint density at radius 3 is 3.07 bits per heavy atom. The van der Waals surface area contributed by atoms with E-state index in [1.54, 1.807) is 22.7 Å². The maximum atomic E-state index is 12.8. The second kappa shape index (κ2) is 8.06. The van der Waals surface area contributed by atoms with Gasteiger partial charge >= 0.3 is 0 Å². The molecule has 28 heavy (non-hydrogen) atoms. The molecule has 1 amide bonds. The van der Waals surface area contributed by atoms with Crippen LogP contribution >= 0.6 is 34.7 Å². The molecule has 1 aliphatic heterocycles. The van der Waals surface area contributed by atoms with Crippen LogP contribution < -0.4 is 5.56 Å². The van der Waals surface area contributed by atoms with Crippen LogP contribution in [0.3, 0.4) is 0 Å². The number of hydrogen-bond acceptors (Lipinski definition) is 6. The summed E-state index contributed by atoms with van der Waals surface area (Å²) < 4.78 is 1.49. The Balaban J connectivity index is 1.50. The van der Waals surface area contributed by atoms with Crippen LogP contribution in [0.15, 0.2) is 45.8 Å². The van der Waals surface area contributed by atoms with Crippen molar-refractivity contribution in [3.63, 3.8) is 0 Å². The first kappa shape index (κ1) is 19.2.